The van der Waals surface area contributed by atoms with Crippen molar-refractivity contribution in [2.24, 2.45) is 0 Å². The highest BCUT2D eigenvalue weighted by molar-refractivity contribution is 7.16. The lowest BCUT2D eigenvalue weighted by Gasteiger charge is -2.25. The highest BCUT2D eigenvalue weighted by Gasteiger charge is 2.34. The molecule has 1 aromatic heterocycles. The molecule has 1 heterocycles. The van der Waals surface area contributed by atoms with E-state index in [0.717, 1.165) is 27.6 Å². The molecule has 2 N–H and O–H groups in total. The Bertz CT molecular complexity index is 1280. The molecule has 34 heavy (non-hydrogen) atoms. The largest absolute Gasteiger partial charge is 0.418 e. The molecule has 1 atom stereocenters. The number of carbonyl (C=O) groups excluding carboxylic acids is 1. The summed E-state index contributed by atoms with van der Waals surface area (Å²) in [5.74, 6) is -0.273. The Hall–Kier alpha value is -3.58. The fourth-order valence-electron chi connectivity index (χ4n) is 3.83. The van der Waals surface area contributed by atoms with Crippen molar-refractivity contribution >= 4 is 27.9 Å². The molecule has 3 nitrogen and oxygen atoms in total. The molecule has 0 aliphatic carbocycles. The van der Waals surface area contributed by atoms with Crippen LogP contribution in [-0.2, 0) is 6.18 Å². The van der Waals surface area contributed by atoms with Gasteiger partial charge in [-0.3, -0.25) is 4.79 Å². The predicted octanol–water partition coefficient (Wildman–Crippen LogP) is 7.84. The van der Waals surface area contributed by atoms with Crippen LogP contribution in [0.15, 0.2) is 84.9 Å². The highest BCUT2D eigenvalue weighted by Crippen LogP contribution is 2.43. The molecule has 174 valence electrons. The van der Waals surface area contributed by atoms with E-state index < -0.39 is 17.8 Å². The number of halogens is 3. The molecule has 0 radical (unpaired) electrons. The molecule has 0 saturated carbocycles. The Morgan fingerprint density at radius 3 is 2.09 bits per heavy atom. The standard InChI is InChI=1S/C27H23F3N2OS/c1-17-18(2)34-26(32-25(33)20-13-7-4-8-14-20)23(17)24(19-11-5-3-6-12-19)31-22-16-10-9-15-21(22)27(28,29)30/h3-16,24,31H,1-2H3,(H,32,33)/t24-/m0/s1. The number of hydrogen-bond donors (Lipinski definition) is 2. The van der Waals surface area contributed by atoms with Crippen LogP contribution in [0, 0.1) is 13.8 Å². The van der Waals surface area contributed by atoms with Crippen LogP contribution in [0.1, 0.15) is 43.5 Å². The first-order valence-corrected chi connectivity index (χ1v) is 11.5. The quantitative estimate of drug-likeness (QED) is 0.295. The third-order valence-electron chi connectivity index (χ3n) is 5.65. The van der Waals surface area contributed by atoms with E-state index in [1.165, 1.54) is 23.5 Å². The summed E-state index contributed by atoms with van der Waals surface area (Å²) in [7, 11) is 0. The molecule has 0 aliphatic heterocycles. The van der Waals surface area contributed by atoms with E-state index in [2.05, 4.69) is 10.6 Å². The minimum atomic E-state index is -4.51. The van der Waals surface area contributed by atoms with Crippen LogP contribution in [-0.4, -0.2) is 5.91 Å². The van der Waals surface area contributed by atoms with Gasteiger partial charge < -0.3 is 10.6 Å². The van der Waals surface area contributed by atoms with Crippen LogP contribution < -0.4 is 10.6 Å². The van der Waals surface area contributed by atoms with E-state index >= 15 is 0 Å². The molecule has 4 rings (SSSR count). The molecule has 0 aliphatic rings. The van der Waals surface area contributed by atoms with Gasteiger partial charge in [0.15, 0.2) is 0 Å². The van der Waals surface area contributed by atoms with Gasteiger partial charge in [0, 0.05) is 21.7 Å². The number of aryl methyl sites for hydroxylation is 1. The number of nitrogens with one attached hydrogen (secondary N) is 2. The van der Waals surface area contributed by atoms with Crippen molar-refractivity contribution in [2.75, 3.05) is 10.6 Å². The lowest BCUT2D eigenvalue weighted by atomic mass is 9.95. The van der Waals surface area contributed by atoms with Crippen LogP contribution in [0.4, 0.5) is 23.9 Å². The maximum absolute atomic E-state index is 13.7. The van der Waals surface area contributed by atoms with E-state index in [9.17, 15) is 18.0 Å². The second-order valence-corrected chi connectivity index (χ2v) is 9.10. The van der Waals surface area contributed by atoms with Crippen molar-refractivity contribution in [2.45, 2.75) is 26.1 Å². The third kappa shape index (κ3) is 4.99. The number of carbonyl (C=O) groups is 1. The van der Waals surface area contributed by atoms with Crippen molar-refractivity contribution in [3.8, 4) is 0 Å². The normalized spacial score (nSPS) is 12.3. The molecule has 3 aromatic carbocycles. The Labute approximate surface area is 200 Å². The number of thiophene rings is 1. The van der Waals surface area contributed by atoms with Crippen LogP contribution in [0.5, 0.6) is 0 Å². The van der Waals surface area contributed by atoms with Crippen LogP contribution in [0.2, 0.25) is 0 Å². The zero-order valence-corrected chi connectivity index (χ0v) is 19.4. The predicted molar refractivity (Wildman–Crippen MR) is 132 cm³/mol. The number of benzene rings is 3. The average Bonchev–Trinajstić information content (AvgIpc) is 3.11. The van der Waals surface area contributed by atoms with E-state index in [1.54, 1.807) is 30.3 Å². The Kier molecular flexibility index (Phi) is 6.75. The van der Waals surface area contributed by atoms with Crippen molar-refractivity contribution in [3.05, 3.63) is 118 Å². The lowest BCUT2D eigenvalue weighted by molar-refractivity contribution is -0.137. The second-order valence-electron chi connectivity index (χ2n) is 7.88. The minimum Gasteiger partial charge on any atom is -0.374 e. The highest BCUT2D eigenvalue weighted by atomic mass is 32.1. The van der Waals surface area contributed by atoms with Gasteiger partial charge in [0.25, 0.3) is 5.91 Å². The van der Waals surface area contributed by atoms with E-state index in [-0.39, 0.29) is 11.6 Å². The van der Waals surface area contributed by atoms with Gasteiger partial charge in [-0.1, -0.05) is 60.7 Å². The Morgan fingerprint density at radius 2 is 1.44 bits per heavy atom. The summed E-state index contributed by atoms with van der Waals surface area (Å²) in [5.41, 5.74) is 2.19. The van der Waals surface area contributed by atoms with E-state index in [0.29, 0.717) is 10.6 Å². The summed E-state index contributed by atoms with van der Waals surface area (Å²) in [6.45, 7) is 3.86. The maximum atomic E-state index is 13.7. The number of anilines is 2. The van der Waals surface area contributed by atoms with Crippen LogP contribution >= 0.6 is 11.3 Å². The van der Waals surface area contributed by atoms with Crippen molar-refractivity contribution < 1.29 is 18.0 Å². The summed E-state index contributed by atoms with van der Waals surface area (Å²) < 4.78 is 41.2. The Balaban J connectivity index is 1.81. The van der Waals surface area contributed by atoms with Gasteiger partial charge >= 0.3 is 6.18 Å². The first-order chi connectivity index (χ1) is 16.3. The summed E-state index contributed by atoms with van der Waals surface area (Å²) in [4.78, 5) is 13.9. The zero-order valence-electron chi connectivity index (χ0n) is 18.6. The minimum absolute atomic E-state index is 0.0209. The van der Waals surface area contributed by atoms with Crippen molar-refractivity contribution in [1.29, 1.82) is 0 Å². The van der Waals surface area contributed by atoms with Gasteiger partial charge in [-0.15, -0.1) is 11.3 Å². The monoisotopic (exact) mass is 480 g/mol. The van der Waals surface area contributed by atoms with Gasteiger partial charge in [-0.25, -0.2) is 0 Å². The summed E-state index contributed by atoms with van der Waals surface area (Å²) in [6.07, 6.45) is -4.51. The average molecular weight is 481 g/mol. The summed E-state index contributed by atoms with van der Waals surface area (Å²) >= 11 is 1.41. The molecule has 7 heteroatoms. The molecule has 0 bridgehead atoms. The van der Waals surface area contributed by atoms with Crippen molar-refractivity contribution in [1.82, 2.24) is 0 Å². The smallest absolute Gasteiger partial charge is 0.374 e. The first-order valence-electron chi connectivity index (χ1n) is 10.7. The van der Waals surface area contributed by atoms with Gasteiger partial charge in [-0.05, 0) is 49.2 Å². The van der Waals surface area contributed by atoms with Crippen molar-refractivity contribution in [3.63, 3.8) is 0 Å². The molecule has 0 fully saturated rings. The molecule has 0 unspecified atom stereocenters. The third-order valence-corrected chi connectivity index (χ3v) is 6.79. The lowest BCUT2D eigenvalue weighted by Crippen LogP contribution is -2.19. The van der Waals surface area contributed by atoms with Gasteiger partial charge in [0.1, 0.15) is 5.00 Å². The number of hydrogen-bond acceptors (Lipinski definition) is 3. The van der Waals surface area contributed by atoms with Gasteiger partial charge in [0.05, 0.1) is 11.6 Å². The Morgan fingerprint density at radius 1 is 0.853 bits per heavy atom. The summed E-state index contributed by atoms with van der Waals surface area (Å²) in [5, 5.41) is 6.72. The number of amides is 1. The molecule has 0 spiro atoms. The molecule has 1 amide bonds. The second kappa shape index (κ2) is 9.73. The van der Waals surface area contributed by atoms with Crippen LogP contribution in [0.25, 0.3) is 0 Å². The zero-order chi connectivity index (χ0) is 24.3. The molecule has 4 aromatic rings. The SMILES string of the molecule is Cc1sc(NC(=O)c2ccccc2)c([C@@H](Nc2ccccc2C(F)(F)F)c2ccccc2)c1C. The van der Waals surface area contributed by atoms with Gasteiger partial charge in [0.2, 0.25) is 0 Å². The van der Waals surface area contributed by atoms with E-state index in [4.69, 9.17) is 0 Å². The topological polar surface area (TPSA) is 41.1 Å². The molecular formula is C27H23F3N2OS. The number of rotatable bonds is 6. The fourth-order valence-corrected chi connectivity index (χ4v) is 4.92. The fraction of sp³-hybridized carbons (Fsp3) is 0.148. The molecule has 0 saturated heterocycles. The first kappa shape index (κ1) is 23.6. The maximum Gasteiger partial charge on any atom is 0.418 e. The van der Waals surface area contributed by atoms with Gasteiger partial charge in [-0.2, -0.15) is 13.2 Å². The van der Waals surface area contributed by atoms with Crippen LogP contribution in [0.3, 0.4) is 0 Å². The van der Waals surface area contributed by atoms with E-state index in [1.807, 2.05) is 50.2 Å². The summed E-state index contributed by atoms with van der Waals surface area (Å²) in [6, 6.07) is 22.9. The number of alkyl halides is 3. The molecular weight excluding hydrogens is 457 g/mol. The number of para-hydroxylation sites is 1.